The van der Waals surface area contributed by atoms with Crippen LogP contribution in [-0.4, -0.2) is 38.1 Å². The number of benzene rings is 1. The van der Waals surface area contributed by atoms with Gasteiger partial charge >= 0.3 is 0 Å². The minimum Gasteiger partial charge on any atom is -0.316 e. The van der Waals surface area contributed by atoms with Crippen molar-refractivity contribution in [1.82, 2.24) is 10.2 Å². The monoisotopic (exact) mass is 296 g/mol. The number of hydrogen-bond acceptors (Lipinski definition) is 2. The van der Waals surface area contributed by atoms with Crippen molar-refractivity contribution < 1.29 is 0 Å². The third-order valence-corrected chi connectivity index (χ3v) is 4.23. The maximum Gasteiger partial charge on any atom is 0.0207 e. The predicted octanol–water partition coefficient (Wildman–Crippen LogP) is 2.53. The fourth-order valence-electron chi connectivity index (χ4n) is 2.41. The molecule has 0 bridgehead atoms. The summed E-state index contributed by atoms with van der Waals surface area (Å²) < 4.78 is 1.23. The first-order valence-electron chi connectivity index (χ1n) is 6.38. The van der Waals surface area contributed by atoms with Crippen LogP contribution in [0.25, 0.3) is 0 Å². The van der Waals surface area contributed by atoms with Crippen LogP contribution in [0, 0.1) is 5.92 Å². The molecule has 1 aliphatic rings. The first-order chi connectivity index (χ1) is 8.25. The van der Waals surface area contributed by atoms with E-state index in [1.165, 1.54) is 36.1 Å². The molecule has 0 spiro atoms. The Bertz CT molecular complexity index is 348. The van der Waals surface area contributed by atoms with Crippen molar-refractivity contribution in [1.29, 1.82) is 0 Å². The molecular weight excluding hydrogens is 276 g/mol. The summed E-state index contributed by atoms with van der Waals surface area (Å²) in [6.07, 6.45) is 2.46. The molecule has 2 nitrogen and oxygen atoms in total. The van der Waals surface area contributed by atoms with Crippen LogP contribution in [-0.2, 0) is 6.42 Å². The maximum absolute atomic E-state index is 3.61. The Hall–Kier alpha value is -0.380. The van der Waals surface area contributed by atoms with E-state index in [9.17, 15) is 0 Å². The molecule has 2 rings (SSSR count). The second kappa shape index (κ2) is 6.53. The summed E-state index contributed by atoms with van der Waals surface area (Å²) >= 11 is 3.61. The summed E-state index contributed by atoms with van der Waals surface area (Å²) in [5.74, 6) is 0.846. The molecule has 1 aliphatic heterocycles. The fraction of sp³-hybridized carbons (Fsp3) is 0.571. The quantitative estimate of drug-likeness (QED) is 0.898. The average molecular weight is 297 g/mol. The summed E-state index contributed by atoms with van der Waals surface area (Å²) in [6, 6.07) is 8.51. The summed E-state index contributed by atoms with van der Waals surface area (Å²) in [4.78, 5) is 2.46. The lowest BCUT2D eigenvalue weighted by molar-refractivity contribution is 0.288. The molecule has 0 aliphatic carbocycles. The molecule has 1 unspecified atom stereocenters. The molecule has 0 amide bonds. The van der Waals surface area contributed by atoms with Crippen LogP contribution in [0.1, 0.15) is 12.0 Å². The van der Waals surface area contributed by atoms with Crippen LogP contribution >= 0.6 is 15.9 Å². The Kier molecular flexibility index (Phi) is 5.01. The van der Waals surface area contributed by atoms with Crippen molar-refractivity contribution >= 4 is 15.9 Å². The number of rotatable bonds is 5. The molecular formula is C14H21BrN2. The molecule has 0 radical (unpaired) electrons. The van der Waals surface area contributed by atoms with E-state index in [2.05, 4.69) is 57.5 Å². The Labute approximate surface area is 113 Å². The van der Waals surface area contributed by atoms with Gasteiger partial charge in [-0.25, -0.2) is 0 Å². The van der Waals surface area contributed by atoms with Gasteiger partial charge in [-0.1, -0.05) is 34.1 Å². The SMILES string of the molecule is CN(CCc1ccccc1Br)CC1CCNC1. The van der Waals surface area contributed by atoms with Crippen molar-refractivity contribution in [3.05, 3.63) is 34.3 Å². The minimum atomic E-state index is 0.846. The van der Waals surface area contributed by atoms with E-state index in [1.54, 1.807) is 0 Å². The Balaban J connectivity index is 1.75. The summed E-state index contributed by atoms with van der Waals surface area (Å²) in [5, 5.41) is 3.43. The Morgan fingerprint density at radius 1 is 1.41 bits per heavy atom. The van der Waals surface area contributed by atoms with Gasteiger partial charge in [0.1, 0.15) is 0 Å². The number of halogens is 1. The molecule has 1 fully saturated rings. The highest BCUT2D eigenvalue weighted by Gasteiger charge is 2.16. The molecule has 3 heteroatoms. The van der Waals surface area contributed by atoms with Gasteiger partial charge in [0.25, 0.3) is 0 Å². The standard InChI is InChI=1S/C14H21BrN2/c1-17(11-12-6-8-16-10-12)9-7-13-4-2-3-5-14(13)15/h2-5,12,16H,6-11H2,1H3. The zero-order valence-corrected chi connectivity index (χ0v) is 12.0. The van der Waals surface area contributed by atoms with E-state index in [0.29, 0.717) is 0 Å². The second-order valence-electron chi connectivity index (χ2n) is 4.96. The summed E-state index contributed by atoms with van der Waals surface area (Å²) in [5.41, 5.74) is 1.41. The van der Waals surface area contributed by atoms with Crippen LogP contribution in [0.15, 0.2) is 28.7 Å². The molecule has 1 atom stereocenters. The van der Waals surface area contributed by atoms with Crippen LogP contribution in [0.2, 0.25) is 0 Å². The van der Waals surface area contributed by atoms with Gasteiger partial charge < -0.3 is 10.2 Å². The average Bonchev–Trinajstić information content (AvgIpc) is 2.81. The number of nitrogens with one attached hydrogen (secondary N) is 1. The predicted molar refractivity (Wildman–Crippen MR) is 76.3 cm³/mol. The van der Waals surface area contributed by atoms with Crippen molar-refractivity contribution in [2.75, 3.05) is 33.2 Å². The van der Waals surface area contributed by atoms with Gasteiger partial charge in [0.2, 0.25) is 0 Å². The highest BCUT2D eigenvalue weighted by atomic mass is 79.9. The second-order valence-corrected chi connectivity index (χ2v) is 5.82. The first kappa shape index (κ1) is 13.1. The van der Waals surface area contributed by atoms with Crippen molar-refractivity contribution in [3.8, 4) is 0 Å². The lowest BCUT2D eigenvalue weighted by atomic mass is 10.1. The van der Waals surface area contributed by atoms with Crippen LogP contribution in [0.4, 0.5) is 0 Å². The molecule has 1 heterocycles. The largest absolute Gasteiger partial charge is 0.316 e. The van der Waals surface area contributed by atoms with Gasteiger partial charge in [-0.15, -0.1) is 0 Å². The lowest BCUT2D eigenvalue weighted by Crippen LogP contribution is -2.28. The minimum absolute atomic E-state index is 0.846. The van der Waals surface area contributed by atoms with E-state index in [-0.39, 0.29) is 0 Å². The van der Waals surface area contributed by atoms with E-state index >= 15 is 0 Å². The molecule has 94 valence electrons. The molecule has 0 saturated carbocycles. The molecule has 1 aromatic rings. The number of likely N-dealkylation sites (N-methyl/N-ethyl adjacent to an activating group) is 1. The molecule has 1 saturated heterocycles. The maximum atomic E-state index is 3.61. The number of nitrogens with zero attached hydrogens (tertiary/aromatic N) is 1. The van der Waals surface area contributed by atoms with E-state index in [4.69, 9.17) is 0 Å². The van der Waals surface area contributed by atoms with Crippen LogP contribution in [0.5, 0.6) is 0 Å². The van der Waals surface area contributed by atoms with Gasteiger partial charge in [-0.05, 0) is 50.5 Å². The molecule has 0 aromatic heterocycles. The molecule has 1 N–H and O–H groups in total. The van der Waals surface area contributed by atoms with Gasteiger partial charge in [-0.2, -0.15) is 0 Å². The zero-order valence-electron chi connectivity index (χ0n) is 10.5. The highest BCUT2D eigenvalue weighted by Crippen LogP contribution is 2.17. The van der Waals surface area contributed by atoms with Gasteiger partial charge in [-0.3, -0.25) is 0 Å². The lowest BCUT2D eigenvalue weighted by Gasteiger charge is -2.20. The normalized spacial score (nSPS) is 20.1. The summed E-state index contributed by atoms with van der Waals surface area (Å²) in [7, 11) is 2.23. The molecule has 17 heavy (non-hydrogen) atoms. The first-order valence-corrected chi connectivity index (χ1v) is 7.17. The van der Waals surface area contributed by atoms with E-state index < -0.39 is 0 Å². The zero-order chi connectivity index (χ0) is 12.1. The van der Waals surface area contributed by atoms with E-state index in [0.717, 1.165) is 18.9 Å². The molecule has 1 aromatic carbocycles. The topological polar surface area (TPSA) is 15.3 Å². The highest BCUT2D eigenvalue weighted by molar-refractivity contribution is 9.10. The Morgan fingerprint density at radius 3 is 2.94 bits per heavy atom. The van der Waals surface area contributed by atoms with Gasteiger partial charge in [0.05, 0.1) is 0 Å². The fourth-order valence-corrected chi connectivity index (χ4v) is 2.90. The van der Waals surface area contributed by atoms with Gasteiger partial charge in [0, 0.05) is 17.6 Å². The number of hydrogen-bond donors (Lipinski definition) is 1. The van der Waals surface area contributed by atoms with Crippen LogP contribution < -0.4 is 5.32 Å². The summed E-state index contributed by atoms with van der Waals surface area (Å²) in [6.45, 7) is 4.75. The van der Waals surface area contributed by atoms with Crippen molar-refractivity contribution in [2.24, 2.45) is 5.92 Å². The third-order valence-electron chi connectivity index (χ3n) is 3.45. The third kappa shape index (κ3) is 4.09. The smallest absolute Gasteiger partial charge is 0.0207 e. The van der Waals surface area contributed by atoms with E-state index in [1.807, 2.05) is 0 Å². The van der Waals surface area contributed by atoms with Gasteiger partial charge in [0.15, 0.2) is 0 Å². The van der Waals surface area contributed by atoms with Crippen molar-refractivity contribution in [2.45, 2.75) is 12.8 Å². The Morgan fingerprint density at radius 2 is 2.24 bits per heavy atom. The van der Waals surface area contributed by atoms with Crippen LogP contribution in [0.3, 0.4) is 0 Å². The van der Waals surface area contributed by atoms with Crippen molar-refractivity contribution in [3.63, 3.8) is 0 Å².